The lowest BCUT2D eigenvalue weighted by molar-refractivity contribution is -0.0498. The Kier molecular flexibility index (Phi) is 4.79. The van der Waals surface area contributed by atoms with E-state index in [1.54, 1.807) is 0 Å². The van der Waals surface area contributed by atoms with Crippen molar-refractivity contribution in [2.75, 3.05) is 31.1 Å². The summed E-state index contributed by atoms with van der Waals surface area (Å²) in [4.78, 5) is 7.13. The molecule has 26 heavy (non-hydrogen) atoms. The van der Waals surface area contributed by atoms with Crippen LogP contribution in [-0.4, -0.2) is 31.2 Å². The van der Waals surface area contributed by atoms with E-state index in [1.807, 2.05) is 0 Å². The summed E-state index contributed by atoms with van der Waals surface area (Å²) in [5.74, 6) is 2.44. The number of hydrogen-bond donors (Lipinski definition) is 1. The summed E-state index contributed by atoms with van der Waals surface area (Å²) in [5, 5.41) is 3.45. The lowest BCUT2D eigenvalue weighted by atomic mass is 9.49. The first-order chi connectivity index (χ1) is 12.4. The minimum absolute atomic E-state index is 0.489. The van der Waals surface area contributed by atoms with Crippen molar-refractivity contribution in [1.29, 1.82) is 0 Å². The molecule has 1 saturated heterocycles. The zero-order valence-electron chi connectivity index (χ0n) is 17.2. The van der Waals surface area contributed by atoms with Crippen molar-refractivity contribution >= 4 is 5.69 Å². The highest BCUT2D eigenvalue weighted by atomic mass is 15.2. The molecule has 3 heteroatoms. The van der Waals surface area contributed by atoms with Crippen molar-refractivity contribution in [2.45, 2.75) is 65.7 Å². The molecule has 0 amide bonds. The lowest BCUT2D eigenvalue weighted by Crippen LogP contribution is -2.47. The molecule has 0 spiro atoms. The SMILES string of the molecule is CC1(C)CCC(C)(C)C2CC(c3cncc(N4CCNCC4)c3)CCC21. The molecule has 1 aromatic heterocycles. The molecule has 1 aliphatic heterocycles. The van der Waals surface area contributed by atoms with Crippen LogP contribution in [0.3, 0.4) is 0 Å². The highest BCUT2D eigenvalue weighted by Crippen LogP contribution is 2.59. The average molecular weight is 356 g/mol. The number of nitrogens with zero attached hydrogens (tertiary/aromatic N) is 2. The van der Waals surface area contributed by atoms with E-state index in [4.69, 9.17) is 0 Å². The van der Waals surface area contributed by atoms with Gasteiger partial charge in [-0.2, -0.15) is 0 Å². The standard InChI is InChI=1S/C23H37N3/c1-22(2)7-8-23(3,4)21-14-17(5-6-20(21)22)18-13-19(16-25-15-18)26-11-9-24-10-12-26/h13,15-17,20-21,24H,5-12,14H2,1-4H3. The van der Waals surface area contributed by atoms with Crippen LogP contribution in [0.5, 0.6) is 0 Å². The summed E-state index contributed by atoms with van der Waals surface area (Å²) in [6, 6.07) is 2.45. The maximum atomic E-state index is 4.64. The predicted octanol–water partition coefficient (Wildman–Crippen LogP) is 4.84. The third-order valence-corrected chi connectivity index (χ3v) is 7.97. The van der Waals surface area contributed by atoms with Crippen molar-refractivity contribution in [2.24, 2.45) is 22.7 Å². The third-order valence-electron chi connectivity index (χ3n) is 7.97. The number of pyridine rings is 1. The van der Waals surface area contributed by atoms with Crippen LogP contribution >= 0.6 is 0 Å². The van der Waals surface area contributed by atoms with Crippen molar-refractivity contribution in [1.82, 2.24) is 10.3 Å². The number of rotatable bonds is 2. The summed E-state index contributed by atoms with van der Waals surface area (Å²) in [6.07, 6.45) is 11.1. The van der Waals surface area contributed by atoms with E-state index in [2.05, 4.69) is 61.4 Å². The third kappa shape index (κ3) is 3.40. The van der Waals surface area contributed by atoms with Gasteiger partial charge in [0.05, 0.1) is 11.9 Å². The molecule has 2 aliphatic carbocycles. The Balaban J connectivity index is 1.54. The number of anilines is 1. The topological polar surface area (TPSA) is 28.2 Å². The molecule has 2 saturated carbocycles. The van der Waals surface area contributed by atoms with Gasteiger partial charge in [-0.05, 0) is 72.3 Å². The van der Waals surface area contributed by atoms with Gasteiger partial charge in [-0.3, -0.25) is 4.98 Å². The van der Waals surface area contributed by atoms with Crippen molar-refractivity contribution in [3.8, 4) is 0 Å². The van der Waals surface area contributed by atoms with Crippen LogP contribution in [0.25, 0.3) is 0 Å². The largest absolute Gasteiger partial charge is 0.368 e. The molecule has 4 rings (SSSR count). The fraction of sp³-hybridized carbons (Fsp3) is 0.783. The number of aromatic nitrogens is 1. The number of piperazine rings is 1. The maximum absolute atomic E-state index is 4.64. The smallest absolute Gasteiger partial charge is 0.0556 e. The quantitative estimate of drug-likeness (QED) is 0.823. The zero-order valence-corrected chi connectivity index (χ0v) is 17.2. The van der Waals surface area contributed by atoms with Gasteiger partial charge in [0.1, 0.15) is 0 Å². The van der Waals surface area contributed by atoms with Crippen molar-refractivity contribution < 1.29 is 0 Å². The molecule has 3 aliphatic rings. The van der Waals surface area contributed by atoms with E-state index < -0.39 is 0 Å². The summed E-state index contributed by atoms with van der Waals surface area (Å²) >= 11 is 0. The molecule has 1 aromatic rings. The fourth-order valence-electron chi connectivity index (χ4n) is 6.05. The van der Waals surface area contributed by atoms with Gasteiger partial charge in [0, 0.05) is 32.4 Å². The van der Waals surface area contributed by atoms with Crippen LogP contribution < -0.4 is 10.2 Å². The summed E-state index contributed by atoms with van der Waals surface area (Å²) in [6.45, 7) is 14.5. The van der Waals surface area contributed by atoms with Gasteiger partial charge < -0.3 is 10.2 Å². The first-order valence-electron chi connectivity index (χ1n) is 10.8. The second kappa shape index (κ2) is 6.82. The fourth-order valence-corrected chi connectivity index (χ4v) is 6.05. The Hall–Kier alpha value is -1.09. The van der Waals surface area contributed by atoms with Crippen molar-refractivity contribution in [3.05, 3.63) is 24.0 Å². The molecule has 1 N–H and O–H groups in total. The number of hydrogen-bond acceptors (Lipinski definition) is 3. The Labute approximate surface area is 160 Å². The first kappa shape index (κ1) is 18.3. The summed E-state index contributed by atoms with van der Waals surface area (Å²) in [5.41, 5.74) is 3.82. The average Bonchev–Trinajstić information content (AvgIpc) is 2.66. The maximum Gasteiger partial charge on any atom is 0.0556 e. The molecule has 3 unspecified atom stereocenters. The molecular weight excluding hydrogens is 318 g/mol. The molecule has 3 atom stereocenters. The molecule has 0 bridgehead atoms. The monoisotopic (exact) mass is 355 g/mol. The van der Waals surface area contributed by atoms with Gasteiger partial charge in [-0.15, -0.1) is 0 Å². The van der Waals surface area contributed by atoms with E-state index in [1.165, 1.54) is 43.4 Å². The Morgan fingerprint density at radius 3 is 2.38 bits per heavy atom. The van der Waals surface area contributed by atoms with Gasteiger partial charge in [0.2, 0.25) is 0 Å². The van der Waals surface area contributed by atoms with Gasteiger partial charge >= 0.3 is 0 Å². The Morgan fingerprint density at radius 2 is 1.65 bits per heavy atom. The Bertz CT molecular complexity index is 630. The molecule has 0 aromatic carbocycles. The van der Waals surface area contributed by atoms with E-state index in [0.717, 1.165) is 38.0 Å². The highest BCUT2D eigenvalue weighted by molar-refractivity contribution is 5.47. The zero-order chi connectivity index (χ0) is 18.4. The van der Waals surface area contributed by atoms with E-state index in [0.29, 0.717) is 16.7 Å². The predicted molar refractivity (Wildman–Crippen MR) is 110 cm³/mol. The molecular formula is C23H37N3. The van der Waals surface area contributed by atoms with Gasteiger partial charge in [0.15, 0.2) is 0 Å². The second-order valence-electron chi connectivity index (χ2n) is 10.4. The van der Waals surface area contributed by atoms with Crippen LogP contribution in [0.4, 0.5) is 5.69 Å². The second-order valence-corrected chi connectivity index (χ2v) is 10.4. The molecule has 2 heterocycles. The molecule has 0 radical (unpaired) electrons. The van der Waals surface area contributed by atoms with Crippen LogP contribution in [0.1, 0.15) is 71.3 Å². The van der Waals surface area contributed by atoms with E-state index >= 15 is 0 Å². The molecule has 3 nitrogen and oxygen atoms in total. The lowest BCUT2D eigenvalue weighted by Gasteiger charge is -2.56. The minimum Gasteiger partial charge on any atom is -0.368 e. The van der Waals surface area contributed by atoms with Crippen LogP contribution in [0.2, 0.25) is 0 Å². The molecule has 3 fully saturated rings. The van der Waals surface area contributed by atoms with Gasteiger partial charge in [-0.1, -0.05) is 27.7 Å². The van der Waals surface area contributed by atoms with Gasteiger partial charge in [0.25, 0.3) is 0 Å². The summed E-state index contributed by atoms with van der Waals surface area (Å²) in [7, 11) is 0. The first-order valence-corrected chi connectivity index (χ1v) is 10.8. The number of fused-ring (bicyclic) bond motifs is 1. The summed E-state index contributed by atoms with van der Waals surface area (Å²) < 4.78 is 0. The normalized spacial score (nSPS) is 33.5. The Morgan fingerprint density at radius 1 is 0.962 bits per heavy atom. The molecule has 144 valence electrons. The van der Waals surface area contributed by atoms with E-state index in [-0.39, 0.29) is 0 Å². The van der Waals surface area contributed by atoms with Gasteiger partial charge in [-0.25, -0.2) is 0 Å². The van der Waals surface area contributed by atoms with Crippen LogP contribution in [-0.2, 0) is 0 Å². The van der Waals surface area contributed by atoms with Crippen LogP contribution in [0, 0.1) is 22.7 Å². The van der Waals surface area contributed by atoms with Crippen molar-refractivity contribution in [3.63, 3.8) is 0 Å². The van der Waals surface area contributed by atoms with E-state index in [9.17, 15) is 0 Å². The minimum atomic E-state index is 0.489. The van der Waals surface area contributed by atoms with Crippen LogP contribution in [0.15, 0.2) is 18.5 Å². The highest BCUT2D eigenvalue weighted by Gasteiger charge is 2.49. The number of nitrogens with one attached hydrogen (secondary N) is 1.